The second-order valence-electron chi connectivity index (χ2n) is 3.94. The molecule has 0 aliphatic carbocycles. The van der Waals surface area contributed by atoms with Crippen molar-refractivity contribution in [2.75, 3.05) is 13.2 Å². The van der Waals surface area contributed by atoms with Gasteiger partial charge in [0.05, 0.1) is 6.61 Å². The Balaban J connectivity index is 2.30. The molecule has 3 nitrogen and oxygen atoms in total. The highest BCUT2D eigenvalue weighted by Gasteiger charge is 2.09. The second kappa shape index (κ2) is 7.78. The summed E-state index contributed by atoms with van der Waals surface area (Å²) in [5.74, 6) is -3.37. The van der Waals surface area contributed by atoms with Crippen LogP contribution in [0.2, 0.25) is 0 Å². The molecule has 0 unspecified atom stereocenters. The maximum absolute atomic E-state index is 13.2. The van der Waals surface area contributed by atoms with Crippen LogP contribution in [0.5, 0.6) is 0 Å². The summed E-state index contributed by atoms with van der Waals surface area (Å²) in [6.45, 7) is 2.59. The van der Waals surface area contributed by atoms with Crippen molar-refractivity contribution in [2.24, 2.45) is 0 Å². The lowest BCUT2D eigenvalue weighted by molar-refractivity contribution is -0.143. The first-order valence-corrected chi connectivity index (χ1v) is 6.04. The van der Waals surface area contributed by atoms with Crippen LogP contribution in [0.25, 0.3) is 0 Å². The molecule has 0 amide bonds. The maximum Gasteiger partial charge on any atom is 0.305 e. The number of benzene rings is 1. The molecule has 0 aromatic heterocycles. The molecule has 0 saturated heterocycles. The Morgan fingerprint density at radius 1 is 1.21 bits per heavy atom. The summed E-state index contributed by atoms with van der Waals surface area (Å²) < 4.78 is 43.6. The van der Waals surface area contributed by atoms with E-state index < -0.39 is 17.5 Å². The van der Waals surface area contributed by atoms with Crippen LogP contribution in [0.1, 0.15) is 25.3 Å². The average Bonchev–Trinajstić information content (AvgIpc) is 2.35. The zero-order valence-corrected chi connectivity index (χ0v) is 10.6. The summed E-state index contributed by atoms with van der Waals surface area (Å²) in [4.78, 5) is 11.0. The molecule has 0 aliphatic heterocycles. The normalized spacial score (nSPS) is 10.5. The van der Waals surface area contributed by atoms with Crippen LogP contribution >= 0.6 is 0 Å². The van der Waals surface area contributed by atoms with E-state index in [2.05, 4.69) is 5.32 Å². The van der Waals surface area contributed by atoms with Crippen LogP contribution in [0.3, 0.4) is 0 Å². The highest BCUT2D eigenvalue weighted by molar-refractivity contribution is 5.69. The summed E-state index contributed by atoms with van der Waals surface area (Å²) in [7, 11) is 0. The van der Waals surface area contributed by atoms with Gasteiger partial charge in [-0.05, 0) is 26.0 Å². The van der Waals surface area contributed by atoms with Gasteiger partial charge in [0.25, 0.3) is 0 Å². The zero-order valence-electron chi connectivity index (χ0n) is 10.6. The van der Waals surface area contributed by atoms with Crippen molar-refractivity contribution in [3.8, 4) is 0 Å². The molecule has 0 saturated carbocycles. The number of esters is 1. The van der Waals surface area contributed by atoms with Gasteiger partial charge in [0, 0.05) is 24.6 Å². The van der Waals surface area contributed by atoms with E-state index >= 15 is 0 Å². The Morgan fingerprint density at radius 2 is 1.89 bits per heavy atom. The molecule has 0 heterocycles. The van der Waals surface area contributed by atoms with Crippen LogP contribution in [-0.4, -0.2) is 19.1 Å². The molecule has 0 radical (unpaired) electrons. The van der Waals surface area contributed by atoms with E-state index in [1.54, 1.807) is 6.92 Å². The summed E-state index contributed by atoms with van der Waals surface area (Å²) in [5.41, 5.74) is 0.0510. The molecular formula is C13H16F3NO2. The van der Waals surface area contributed by atoms with Gasteiger partial charge in [-0.15, -0.1) is 0 Å². The van der Waals surface area contributed by atoms with Crippen molar-refractivity contribution in [3.05, 3.63) is 35.1 Å². The number of ether oxygens (including phenoxy) is 1. The Labute approximate surface area is 109 Å². The van der Waals surface area contributed by atoms with Gasteiger partial charge in [-0.2, -0.15) is 0 Å². The molecule has 19 heavy (non-hydrogen) atoms. The fourth-order valence-electron chi connectivity index (χ4n) is 1.51. The van der Waals surface area contributed by atoms with Crippen LogP contribution < -0.4 is 5.32 Å². The predicted molar refractivity (Wildman–Crippen MR) is 63.9 cm³/mol. The lowest BCUT2D eigenvalue weighted by atomic mass is 10.2. The molecule has 0 spiro atoms. The number of carbonyl (C=O) groups is 1. The summed E-state index contributed by atoms with van der Waals surface area (Å²) >= 11 is 0. The molecule has 1 aromatic carbocycles. The Kier molecular flexibility index (Phi) is 6.35. The van der Waals surface area contributed by atoms with E-state index in [1.165, 1.54) is 0 Å². The number of carbonyl (C=O) groups excluding carboxylic acids is 1. The quantitative estimate of drug-likeness (QED) is 0.472. The highest BCUT2D eigenvalue weighted by atomic mass is 19.2. The Bertz CT molecular complexity index is 438. The van der Waals surface area contributed by atoms with Crippen molar-refractivity contribution in [1.29, 1.82) is 0 Å². The summed E-state index contributed by atoms with van der Waals surface area (Å²) in [6.07, 6.45) is 0.797. The molecule has 0 atom stereocenters. The second-order valence-corrected chi connectivity index (χ2v) is 3.94. The van der Waals surface area contributed by atoms with E-state index in [4.69, 9.17) is 4.74 Å². The van der Waals surface area contributed by atoms with E-state index in [-0.39, 0.29) is 24.5 Å². The van der Waals surface area contributed by atoms with Crippen LogP contribution in [0.4, 0.5) is 13.2 Å². The van der Waals surface area contributed by atoms with Crippen molar-refractivity contribution < 1.29 is 22.7 Å². The molecule has 0 aliphatic rings. The molecular weight excluding hydrogens is 259 g/mol. The number of nitrogens with one attached hydrogen (secondary N) is 1. The minimum atomic E-state index is -1.21. The van der Waals surface area contributed by atoms with Crippen LogP contribution in [0.15, 0.2) is 12.1 Å². The number of hydrogen-bond donors (Lipinski definition) is 1. The van der Waals surface area contributed by atoms with Crippen molar-refractivity contribution in [2.45, 2.75) is 26.3 Å². The number of rotatable bonds is 7. The highest BCUT2D eigenvalue weighted by Crippen LogP contribution is 2.13. The molecule has 106 valence electrons. The first-order valence-electron chi connectivity index (χ1n) is 6.04. The van der Waals surface area contributed by atoms with Crippen LogP contribution in [0, 0.1) is 17.5 Å². The van der Waals surface area contributed by atoms with Crippen LogP contribution in [-0.2, 0) is 16.1 Å². The third-order valence-corrected chi connectivity index (χ3v) is 2.44. The molecule has 1 N–H and O–H groups in total. The molecule has 6 heteroatoms. The Morgan fingerprint density at radius 3 is 2.58 bits per heavy atom. The summed E-state index contributed by atoms with van der Waals surface area (Å²) in [6, 6.07) is 1.34. The van der Waals surface area contributed by atoms with Crippen molar-refractivity contribution in [1.82, 2.24) is 5.32 Å². The SMILES string of the molecule is CCOC(=O)CCCNCc1cc(F)c(F)cc1F. The largest absolute Gasteiger partial charge is 0.466 e. The predicted octanol–water partition coefficient (Wildman–Crippen LogP) is 2.54. The van der Waals surface area contributed by atoms with Gasteiger partial charge in [0.2, 0.25) is 0 Å². The van der Waals surface area contributed by atoms with Gasteiger partial charge in [-0.25, -0.2) is 13.2 Å². The monoisotopic (exact) mass is 275 g/mol. The van der Waals surface area contributed by atoms with Crippen molar-refractivity contribution in [3.63, 3.8) is 0 Å². The number of hydrogen-bond acceptors (Lipinski definition) is 3. The molecule has 0 fully saturated rings. The van der Waals surface area contributed by atoms with Gasteiger partial charge in [-0.1, -0.05) is 0 Å². The van der Waals surface area contributed by atoms with E-state index in [0.717, 1.165) is 6.07 Å². The molecule has 0 bridgehead atoms. The van der Waals surface area contributed by atoms with Gasteiger partial charge in [0.15, 0.2) is 11.6 Å². The first-order chi connectivity index (χ1) is 9.04. The van der Waals surface area contributed by atoms with Crippen molar-refractivity contribution >= 4 is 5.97 Å². The molecule has 1 aromatic rings. The first kappa shape index (κ1) is 15.5. The van der Waals surface area contributed by atoms with Gasteiger partial charge >= 0.3 is 5.97 Å². The fraction of sp³-hybridized carbons (Fsp3) is 0.462. The number of halogens is 3. The smallest absolute Gasteiger partial charge is 0.305 e. The van der Waals surface area contributed by atoms with Gasteiger partial charge < -0.3 is 10.1 Å². The van der Waals surface area contributed by atoms with E-state index in [1.807, 2.05) is 0 Å². The maximum atomic E-state index is 13.2. The Hall–Kier alpha value is -1.56. The zero-order chi connectivity index (χ0) is 14.3. The molecule has 1 rings (SSSR count). The van der Waals surface area contributed by atoms with E-state index in [9.17, 15) is 18.0 Å². The third-order valence-electron chi connectivity index (χ3n) is 2.44. The topological polar surface area (TPSA) is 38.3 Å². The summed E-state index contributed by atoms with van der Waals surface area (Å²) in [5, 5.41) is 2.85. The van der Waals surface area contributed by atoms with E-state index in [0.29, 0.717) is 25.6 Å². The van der Waals surface area contributed by atoms with Gasteiger partial charge in [-0.3, -0.25) is 4.79 Å². The fourth-order valence-corrected chi connectivity index (χ4v) is 1.51. The lowest BCUT2D eigenvalue weighted by Gasteiger charge is -2.06. The standard InChI is InChI=1S/C13H16F3NO2/c1-2-19-13(18)4-3-5-17-8-9-6-11(15)12(16)7-10(9)14/h6-7,17H,2-5,8H2,1H3. The minimum absolute atomic E-state index is 0.0510. The average molecular weight is 275 g/mol. The lowest BCUT2D eigenvalue weighted by Crippen LogP contribution is -2.17. The minimum Gasteiger partial charge on any atom is -0.466 e. The van der Waals surface area contributed by atoms with Gasteiger partial charge in [0.1, 0.15) is 5.82 Å². The third kappa shape index (κ3) is 5.30.